The minimum absolute atomic E-state index is 0. The minimum atomic E-state index is 0. The van der Waals surface area contributed by atoms with Crippen molar-refractivity contribution >= 4 is 29.9 Å². The molecular formula is C19H35IN4O2. The Balaban J connectivity index is 0.00000338. The van der Waals surface area contributed by atoms with Crippen LogP contribution in [0.25, 0.3) is 0 Å². The molecule has 0 saturated carbocycles. The van der Waals surface area contributed by atoms with Crippen molar-refractivity contribution in [3.63, 3.8) is 0 Å². The van der Waals surface area contributed by atoms with Crippen LogP contribution < -0.4 is 10.6 Å². The maximum Gasteiger partial charge on any atom is 0.191 e. The van der Waals surface area contributed by atoms with Crippen LogP contribution in [0.2, 0.25) is 0 Å². The Labute approximate surface area is 175 Å². The number of ether oxygens (including phenoxy) is 1. The Morgan fingerprint density at radius 2 is 2.04 bits per heavy atom. The van der Waals surface area contributed by atoms with Gasteiger partial charge in [-0.2, -0.15) is 0 Å². The van der Waals surface area contributed by atoms with Gasteiger partial charge in [-0.05, 0) is 50.9 Å². The maximum absolute atomic E-state index is 5.66. The van der Waals surface area contributed by atoms with Gasteiger partial charge in [-0.15, -0.1) is 24.0 Å². The summed E-state index contributed by atoms with van der Waals surface area (Å²) in [6.45, 7) is 7.76. The molecule has 2 heterocycles. The molecule has 1 unspecified atom stereocenters. The second kappa shape index (κ2) is 14.3. The zero-order chi connectivity index (χ0) is 17.7. The van der Waals surface area contributed by atoms with E-state index >= 15 is 0 Å². The highest BCUT2D eigenvalue weighted by Gasteiger charge is 2.25. The second-order valence-electron chi connectivity index (χ2n) is 6.47. The molecule has 1 aromatic heterocycles. The predicted octanol–water partition coefficient (Wildman–Crippen LogP) is 3.41. The van der Waals surface area contributed by atoms with Crippen molar-refractivity contribution in [1.29, 1.82) is 0 Å². The van der Waals surface area contributed by atoms with E-state index < -0.39 is 0 Å². The first-order chi connectivity index (χ1) is 12.3. The van der Waals surface area contributed by atoms with Gasteiger partial charge in [-0.1, -0.05) is 13.3 Å². The van der Waals surface area contributed by atoms with Gasteiger partial charge in [0.25, 0.3) is 0 Å². The lowest BCUT2D eigenvalue weighted by Crippen LogP contribution is -2.43. The summed E-state index contributed by atoms with van der Waals surface area (Å²) in [5.74, 6) is 1.86. The van der Waals surface area contributed by atoms with Gasteiger partial charge in [-0.3, -0.25) is 9.89 Å². The molecule has 1 atom stereocenters. The van der Waals surface area contributed by atoms with E-state index in [9.17, 15) is 0 Å². The van der Waals surface area contributed by atoms with Crippen LogP contribution in [-0.4, -0.2) is 57.3 Å². The van der Waals surface area contributed by atoms with Gasteiger partial charge in [0.15, 0.2) is 5.96 Å². The number of hydrogen-bond donors (Lipinski definition) is 2. The number of furan rings is 1. The average molecular weight is 478 g/mol. The average Bonchev–Trinajstić information content (AvgIpc) is 3.33. The van der Waals surface area contributed by atoms with Crippen molar-refractivity contribution in [2.75, 3.05) is 46.4 Å². The number of hydrogen-bond acceptors (Lipinski definition) is 4. The van der Waals surface area contributed by atoms with Crippen molar-refractivity contribution in [3.05, 3.63) is 24.2 Å². The normalized spacial score (nSPS) is 16.3. The summed E-state index contributed by atoms with van der Waals surface area (Å²) in [7, 11) is 1.81. The third kappa shape index (κ3) is 8.26. The molecule has 1 aliphatic rings. The molecule has 1 aliphatic heterocycles. The summed E-state index contributed by atoms with van der Waals surface area (Å²) >= 11 is 0. The highest BCUT2D eigenvalue weighted by molar-refractivity contribution is 14.0. The molecule has 0 aliphatic carbocycles. The Kier molecular flexibility index (Phi) is 12.8. The fourth-order valence-corrected chi connectivity index (χ4v) is 3.09. The molecule has 0 amide bonds. The first-order valence-electron chi connectivity index (χ1n) is 9.65. The zero-order valence-corrected chi connectivity index (χ0v) is 18.5. The Bertz CT molecular complexity index is 476. The van der Waals surface area contributed by atoms with Gasteiger partial charge in [0, 0.05) is 33.4 Å². The van der Waals surface area contributed by atoms with Crippen molar-refractivity contribution in [3.8, 4) is 0 Å². The van der Waals surface area contributed by atoms with Crippen molar-refractivity contribution < 1.29 is 9.15 Å². The van der Waals surface area contributed by atoms with E-state index in [4.69, 9.17) is 9.15 Å². The number of unbranched alkanes of at least 4 members (excludes halogenated alkanes) is 1. The van der Waals surface area contributed by atoms with Gasteiger partial charge in [-0.25, -0.2) is 0 Å². The van der Waals surface area contributed by atoms with Crippen LogP contribution in [0.1, 0.15) is 50.8 Å². The van der Waals surface area contributed by atoms with E-state index in [1.807, 2.05) is 13.1 Å². The number of aliphatic imine (C=N–C) groups is 1. The predicted molar refractivity (Wildman–Crippen MR) is 117 cm³/mol. The van der Waals surface area contributed by atoms with E-state index in [0.29, 0.717) is 0 Å². The maximum atomic E-state index is 5.66. The lowest BCUT2D eigenvalue weighted by molar-refractivity contribution is 0.129. The van der Waals surface area contributed by atoms with Crippen molar-refractivity contribution in [2.24, 2.45) is 4.99 Å². The van der Waals surface area contributed by atoms with E-state index in [-0.39, 0.29) is 30.0 Å². The summed E-state index contributed by atoms with van der Waals surface area (Å²) in [6, 6.07) is 4.28. The third-order valence-corrected chi connectivity index (χ3v) is 4.54. The molecule has 2 rings (SSSR count). The molecule has 0 spiro atoms. The zero-order valence-electron chi connectivity index (χ0n) is 16.2. The van der Waals surface area contributed by atoms with E-state index in [0.717, 1.165) is 64.0 Å². The number of guanidine groups is 1. The Hall–Kier alpha value is -0.800. The van der Waals surface area contributed by atoms with Gasteiger partial charge in [0.05, 0.1) is 12.3 Å². The topological polar surface area (TPSA) is 62.0 Å². The van der Waals surface area contributed by atoms with Crippen molar-refractivity contribution in [1.82, 2.24) is 15.5 Å². The van der Waals surface area contributed by atoms with Gasteiger partial charge >= 0.3 is 0 Å². The van der Waals surface area contributed by atoms with E-state index in [1.54, 1.807) is 6.26 Å². The SMILES string of the molecule is CCCCOCCCNC(=NC)NCC(c1ccco1)N1CCCC1.I. The van der Waals surface area contributed by atoms with Crippen LogP contribution in [0.4, 0.5) is 0 Å². The number of nitrogens with zero attached hydrogens (tertiary/aromatic N) is 2. The van der Waals surface area contributed by atoms with E-state index in [2.05, 4.69) is 33.5 Å². The number of nitrogens with one attached hydrogen (secondary N) is 2. The molecule has 7 heteroatoms. The largest absolute Gasteiger partial charge is 0.468 e. The fourth-order valence-electron chi connectivity index (χ4n) is 3.09. The molecule has 150 valence electrons. The fraction of sp³-hybridized carbons (Fsp3) is 0.737. The smallest absolute Gasteiger partial charge is 0.191 e. The van der Waals surface area contributed by atoms with Crippen LogP contribution >= 0.6 is 24.0 Å². The first-order valence-corrected chi connectivity index (χ1v) is 9.65. The summed E-state index contributed by atoms with van der Waals surface area (Å²) in [4.78, 5) is 6.81. The minimum Gasteiger partial charge on any atom is -0.468 e. The van der Waals surface area contributed by atoms with Crippen LogP contribution in [0.3, 0.4) is 0 Å². The summed E-state index contributed by atoms with van der Waals surface area (Å²) in [5.41, 5.74) is 0. The second-order valence-corrected chi connectivity index (χ2v) is 6.47. The lowest BCUT2D eigenvalue weighted by atomic mass is 10.2. The lowest BCUT2D eigenvalue weighted by Gasteiger charge is -2.26. The molecular weight excluding hydrogens is 443 g/mol. The number of likely N-dealkylation sites (tertiary alicyclic amines) is 1. The Morgan fingerprint density at radius 1 is 1.27 bits per heavy atom. The van der Waals surface area contributed by atoms with Crippen molar-refractivity contribution in [2.45, 2.75) is 45.1 Å². The molecule has 0 bridgehead atoms. The molecule has 26 heavy (non-hydrogen) atoms. The molecule has 1 saturated heterocycles. The van der Waals surface area contributed by atoms with Gasteiger partial charge in [0.1, 0.15) is 5.76 Å². The molecule has 0 radical (unpaired) electrons. The van der Waals surface area contributed by atoms with Gasteiger partial charge in [0.2, 0.25) is 0 Å². The van der Waals surface area contributed by atoms with Crippen LogP contribution in [-0.2, 0) is 4.74 Å². The molecule has 0 aromatic carbocycles. The summed E-state index contributed by atoms with van der Waals surface area (Å²) in [5, 5.41) is 6.80. The molecule has 6 nitrogen and oxygen atoms in total. The highest BCUT2D eigenvalue weighted by atomic mass is 127. The van der Waals surface area contributed by atoms with Gasteiger partial charge < -0.3 is 19.8 Å². The first kappa shape index (κ1) is 23.2. The summed E-state index contributed by atoms with van der Waals surface area (Å²) < 4.78 is 11.2. The highest BCUT2D eigenvalue weighted by Crippen LogP contribution is 2.24. The summed E-state index contributed by atoms with van der Waals surface area (Å²) in [6.07, 6.45) is 7.59. The number of rotatable bonds is 11. The number of halogens is 1. The molecule has 1 fully saturated rings. The van der Waals surface area contributed by atoms with Crippen LogP contribution in [0.5, 0.6) is 0 Å². The quantitative estimate of drug-likeness (QED) is 0.221. The van der Waals surface area contributed by atoms with Crippen LogP contribution in [0, 0.1) is 0 Å². The third-order valence-electron chi connectivity index (χ3n) is 4.54. The Morgan fingerprint density at radius 3 is 2.69 bits per heavy atom. The monoisotopic (exact) mass is 478 g/mol. The van der Waals surface area contributed by atoms with Crippen LogP contribution in [0.15, 0.2) is 27.8 Å². The standard InChI is InChI=1S/C19H34N4O2.HI/c1-3-4-13-24-14-8-10-21-19(20-2)22-16-17(18-9-7-15-25-18)23-11-5-6-12-23;/h7,9,15,17H,3-6,8,10-14,16H2,1-2H3,(H2,20,21,22);1H. The molecule has 2 N–H and O–H groups in total. The molecule has 1 aromatic rings. The van der Waals surface area contributed by atoms with E-state index in [1.165, 1.54) is 19.3 Å².